The number of hydrogen-bond acceptors (Lipinski definition) is 2. The normalized spacial score (nSPS) is 11.4. The van der Waals surface area contributed by atoms with E-state index in [1.165, 1.54) is 5.51 Å². The highest BCUT2D eigenvalue weighted by atomic mass is 35.5. The summed E-state index contributed by atoms with van der Waals surface area (Å²) >= 11 is 5.40. The minimum atomic E-state index is -0.431. The van der Waals surface area contributed by atoms with Crippen molar-refractivity contribution >= 4 is 27.7 Å². The molecule has 1 unspecified atom stereocenters. The van der Waals surface area contributed by atoms with Crippen molar-refractivity contribution < 1.29 is 4.79 Å². The first-order chi connectivity index (χ1) is 3.83. The number of thiazole rings is 1. The lowest BCUT2D eigenvalue weighted by atomic mass is 11.0. The molecule has 1 aromatic rings. The van der Waals surface area contributed by atoms with Crippen LogP contribution in [0.5, 0.6) is 0 Å². The lowest BCUT2D eigenvalue weighted by Crippen LogP contribution is -1.51. The molecule has 1 heterocycles. The summed E-state index contributed by atoms with van der Waals surface area (Å²) < 4.78 is 0. The van der Waals surface area contributed by atoms with Crippen LogP contribution in [-0.2, 0) is 4.79 Å². The second-order valence-electron chi connectivity index (χ2n) is 1.18. The second-order valence-corrected chi connectivity index (χ2v) is 3.02. The zero-order valence-corrected chi connectivity index (χ0v) is 5.45. The number of aromatic nitrogens is 1. The molecule has 1 rings (SSSR count). The van der Waals surface area contributed by atoms with E-state index in [4.69, 9.17) is 11.6 Å². The summed E-state index contributed by atoms with van der Waals surface area (Å²) in [5.74, 6) is 0. The average molecular weight is 149 g/mol. The molecule has 1 aromatic heterocycles. The van der Waals surface area contributed by atoms with E-state index in [2.05, 4.69) is 4.98 Å². The Balaban J connectivity index is 3.00. The Morgan fingerprint density at radius 2 is 2.62 bits per heavy atom. The smallest absolute Gasteiger partial charge is 0.235 e. The molecule has 0 N–H and O–H groups in total. The van der Waals surface area contributed by atoms with Crippen LogP contribution in [0.4, 0.5) is 0 Å². The van der Waals surface area contributed by atoms with Crippen molar-refractivity contribution in [3.05, 3.63) is 16.0 Å². The molecule has 0 aliphatic rings. The van der Waals surface area contributed by atoms with Crippen LogP contribution in [0.2, 0.25) is 5.15 Å². The molecule has 0 amide bonds. The van der Waals surface area contributed by atoms with Gasteiger partial charge in [-0.05, 0) is 0 Å². The third-order valence-corrected chi connectivity index (χ3v) is 2.04. The van der Waals surface area contributed by atoms with Crippen LogP contribution >= 0.6 is 22.1 Å². The Bertz CT molecular complexity index is 198. The monoisotopic (exact) mass is 148 g/mol. The van der Waals surface area contributed by atoms with Crippen molar-refractivity contribution in [3.8, 4) is 0 Å². The van der Waals surface area contributed by atoms with Crippen molar-refractivity contribution in [2.75, 3.05) is 0 Å². The molecule has 2 nitrogen and oxygen atoms in total. The molecule has 1 atom stereocenters. The van der Waals surface area contributed by atoms with E-state index in [0.29, 0.717) is 5.15 Å². The summed E-state index contributed by atoms with van der Waals surface area (Å²) in [5, 5.41) is 2.04. The van der Waals surface area contributed by atoms with Crippen molar-refractivity contribution in [2.45, 2.75) is 0 Å². The van der Waals surface area contributed by atoms with Gasteiger partial charge < -0.3 is 0 Å². The number of halogens is 1. The van der Waals surface area contributed by atoms with Crippen LogP contribution in [0.1, 0.15) is 0 Å². The molecule has 4 heteroatoms. The molecule has 0 radical (unpaired) electrons. The summed E-state index contributed by atoms with van der Waals surface area (Å²) in [5.41, 5.74) is 2.36. The Labute approximate surface area is 54.1 Å². The standard InChI is InChI=1S/C4H3ClNOS/c5-4-1-8(3-7)2-6-4/h1-3H/q+1. The lowest BCUT2D eigenvalue weighted by molar-refractivity contribution is 0.569. The average Bonchev–Trinajstić information content (AvgIpc) is 2.14. The minimum absolute atomic E-state index is 0.417. The largest absolute Gasteiger partial charge is 0.345 e. The minimum Gasteiger partial charge on any atom is -0.235 e. The molecule has 0 bridgehead atoms. The van der Waals surface area contributed by atoms with Gasteiger partial charge in [-0.3, -0.25) is 0 Å². The van der Waals surface area contributed by atoms with E-state index in [1.54, 1.807) is 5.38 Å². The van der Waals surface area contributed by atoms with Gasteiger partial charge in [0.1, 0.15) is 0 Å². The summed E-state index contributed by atoms with van der Waals surface area (Å²) in [6.07, 6.45) is 0. The molecule has 0 saturated carbocycles. The number of carbonyl (C=O) groups excluding carboxylic acids is 1. The fourth-order valence-corrected chi connectivity index (χ4v) is 1.44. The maximum atomic E-state index is 9.97. The van der Waals surface area contributed by atoms with E-state index >= 15 is 0 Å². The molecule has 8 heavy (non-hydrogen) atoms. The van der Waals surface area contributed by atoms with Crippen LogP contribution < -0.4 is 0 Å². The third kappa shape index (κ3) is 1.05. The first-order valence-corrected chi connectivity index (χ1v) is 3.69. The molecule has 0 spiro atoms. The fourth-order valence-electron chi connectivity index (χ4n) is 0.337. The summed E-state index contributed by atoms with van der Waals surface area (Å²) in [6, 6.07) is 0. The van der Waals surface area contributed by atoms with E-state index in [1.807, 2.05) is 0 Å². The molecular weight excluding hydrogens is 146 g/mol. The van der Waals surface area contributed by atoms with Gasteiger partial charge in [-0.25, -0.2) is 4.79 Å². The molecule has 0 aliphatic heterocycles. The van der Waals surface area contributed by atoms with Crippen molar-refractivity contribution in [1.82, 2.24) is 4.98 Å². The van der Waals surface area contributed by atoms with Gasteiger partial charge in [-0.2, -0.15) is 4.98 Å². The predicted octanol–water partition coefficient (Wildman–Crippen LogP) is 1.52. The fraction of sp³-hybridized carbons (Fsp3) is 0. The number of nitrogens with zero attached hydrogens (tertiary/aromatic N) is 1. The van der Waals surface area contributed by atoms with E-state index in [0.717, 1.165) is 5.62 Å². The zero-order valence-electron chi connectivity index (χ0n) is 3.87. The number of carbonyl (C=O) groups is 1. The Morgan fingerprint density at radius 3 is 2.88 bits per heavy atom. The van der Waals surface area contributed by atoms with Gasteiger partial charge in [-0.15, -0.1) is 0 Å². The molecular formula is C4H3ClNOS+. The maximum Gasteiger partial charge on any atom is 0.345 e. The SMILES string of the molecule is O=C[s+]1cnc(Cl)c1. The maximum absolute atomic E-state index is 9.97. The summed E-state index contributed by atoms with van der Waals surface area (Å²) in [6.45, 7) is 0. The highest BCUT2D eigenvalue weighted by molar-refractivity contribution is 7.46. The first kappa shape index (κ1) is 5.72. The van der Waals surface area contributed by atoms with Crippen LogP contribution in [-0.4, -0.2) is 10.6 Å². The highest BCUT2D eigenvalue weighted by Gasteiger charge is 2.02. The summed E-state index contributed by atoms with van der Waals surface area (Å²) in [7, 11) is -0.431. The van der Waals surface area contributed by atoms with Crippen LogP contribution in [0.25, 0.3) is 0 Å². The topological polar surface area (TPSA) is 30.0 Å². The Hall–Kier alpha value is -0.410. The molecule has 0 aliphatic carbocycles. The van der Waals surface area contributed by atoms with Crippen molar-refractivity contribution in [1.29, 1.82) is 0 Å². The molecule has 42 valence electrons. The second kappa shape index (κ2) is 2.24. The quantitative estimate of drug-likeness (QED) is 0.447. The van der Waals surface area contributed by atoms with E-state index in [-0.39, 0.29) is 0 Å². The zero-order chi connectivity index (χ0) is 5.98. The highest BCUT2D eigenvalue weighted by Crippen LogP contribution is 2.16. The van der Waals surface area contributed by atoms with Gasteiger partial charge in [0, 0.05) is 0 Å². The van der Waals surface area contributed by atoms with Gasteiger partial charge in [0.2, 0.25) is 5.51 Å². The summed E-state index contributed by atoms with van der Waals surface area (Å²) in [4.78, 5) is 13.6. The van der Waals surface area contributed by atoms with Gasteiger partial charge in [0.05, 0.1) is 10.5 Å². The van der Waals surface area contributed by atoms with Crippen molar-refractivity contribution in [2.24, 2.45) is 0 Å². The van der Waals surface area contributed by atoms with Gasteiger partial charge >= 0.3 is 5.62 Å². The molecule has 0 fully saturated rings. The number of hydrogen-bond donors (Lipinski definition) is 0. The Morgan fingerprint density at radius 1 is 1.88 bits per heavy atom. The van der Waals surface area contributed by atoms with Crippen LogP contribution in [0.15, 0.2) is 10.9 Å². The Kier molecular flexibility index (Phi) is 1.60. The van der Waals surface area contributed by atoms with Crippen LogP contribution in [0, 0.1) is 0 Å². The third-order valence-electron chi connectivity index (χ3n) is 0.642. The van der Waals surface area contributed by atoms with Gasteiger partial charge in [-0.1, -0.05) is 11.6 Å². The lowest BCUT2D eigenvalue weighted by Gasteiger charge is -1.57. The van der Waals surface area contributed by atoms with E-state index in [9.17, 15) is 4.79 Å². The van der Waals surface area contributed by atoms with Crippen molar-refractivity contribution in [3.63, 3.8) is 0 Å². The molecule has 0 saturated heterocycles. The number of rotatable bonds is 1. The van der Waals surface area contributed by atoms with Gasteiger partial charge in [0.25, 0.3) is 0 Å². The first-order valence-electron chi connectivity index (χ1n) is 1.90. The van der Waals surface area contributed by atoms with Crippen LogP contribution in [0.3, 0.4) is 0 Å². The molecule has 0 aromatic carbocycles. The van der Waals surface area contributed by atoms with Gasteiger partial charge in [0.15, 0.2) is 10.5 Å². The van der Waals surface area contributed by atoms with E-state index < -0.39 is 10.5 Å². The predicted molar refractivity (Wildman–Crippen MR) is 33.9 cm³/mol.